The average Bonchev–Trinajstić information content (AvgIpc) is 2.85. The Balaban J connectivity index is 2.24. The van der Waals surface area contributed by atoms with E-state index < -0.39 is 0 Å². The van der Waals surface area contributed by atoms with E-state index in [0.29, 0.717) is 12.0 Å². The standard InChI is InChI=1S/C18H16O2/c1-3-15-17(14-10-6-7-11-16(14)20-15)18(19)13-9-5-4-8-12(13)2/h4-11H,3H2,1-2H3. The number of ketones is 1. The van der Waals surface area contributed by atoms with Gasteiger partial charge in [0.25, 0.3) is 0 Å². The van der Waals surface area contributed by atoms with Crippen LogP contribution in [0.5, 0.6) is 0 Å². The molecule has 0 radical (unpaired) electrons. The smallest absolute Gasteiger partial charge is 0.197 e. The third kappa shape index (κ3) is 1.94. The molecule has 0 fully saturated rings. The SMILES string of the molecule is CCc1oc2ccccc2c1C(=O)c1ccccc1C. The van der Waals surface area contributed by atoms with E-state index in [9.17, 15) is 4.79 Å². The second-order valence-corrected chi connectivity index (χ2v) is 4.89. The molecule has 0 amide bonds. The molecule has 0 bridgehead atoms. The number of aryl methyl sites for hydroxylation is 2. The lowest BCUT2D eigenvalue weighted by Gasteiger charge is -2.04. The van der Waals surface area contributed by atoms with Crippen LogP contribution in [0.3, 0.4) is 0 Å². The van der Waals surface area contributed by atoms with E-state index in [4.69, 9.17) is 4.42 Å². The zero-order valence-electron chi connectivity index (χ0n) is 11.6. The second kappa shape index (κ2) is 4.97. The Morgan fingerprint density at radius 3 is 2.50 bits per heavy atom. The normalized spacial score (nSPS) is 10.9. The van der Waals surface area contributed by atoms with Gasteiger partial charge in [0, 0.05) is 17.4 Å². The highest BCUT2D eigenvalue weighted by Gasteiger charge is 2.21. The maximum absolute atomic E-state index is 12.9. The first-order chi connectivity index (χ1) is 9.72. The Bertz CT molecular complexity index is 781. The third-order valence-electron chi connectivity index (χ3n) is 3.61. The van der Waals surface area contributed by atoms with Crippen molar-refractivity contribution in [2.75, 3.05) is 0 Å². The van der Waals surface area contributed by atoms with Gasteiger partial charge < -0.3 is 4.42 Å². The Morgan fingerprint density at radius 1 is 1.05 bits per heavy atom. The molecule has 0 aliphatic heterocycles. The number of fused-ring (bicyclic) bond motifs is 1. The Hall–Kier alpha value is -2.35. The van der Waals surface area contributed by atoms with Gasteiger partial charge in [-0.15, -0.1) is 0 Å². The number of furan rings is 1. The van der Waals surface area contributed by atoms with Gasteiger partial charge in [-0.1, -0.05) is 49.4 Å². The molecule has 0 spiro atoms. The summed E-state index contributed by atoms with van der Waals surface area (Å²) in [4.78, 5) is 12.9. The number of hydrogen-bond donors (Lipinski definition) is 0. The van der Waals surface area contributed by atoms with Crippen molar-refractivity contribution in [2.45, 2.75) is 20.3 Å². The topological polar surface area (TPSA) is 30.2 Å². The van der Waals surface area contributed by atoms with E-state index in [2.05, 4.69) is 0 Å². The molecule has 0 atom stereocenters. The lowest BCUT2D eigenvalue weighted by Crippen LogP contribution is -2.05. The number of carbonyl (C=O) groups is 1. The van der Waals surface area contributed by atoms with E-state index in [1.54, 1.807) is 0 Å². The largest absolute Gasteiger partial charge is 0.460 e. The van der Waals surface area contributed by atoms with Gasteiger partial charge in [-0.05, 0) is 18.6 Å². The van der Waals surface area contributed by atoms with Gasteiger partial charge in [0.1, 0.15) is 11.3 Å². The summed E-state index contributed by atoms with van der Waals surface area (Å²) in [6, 6.07) is 15.4. The van der Waals surface area contributed by atoms with Crippen LogP contribution in [-0.2, 0) is 6.42 Å². The number of benzene rings is 2. The number of rotatable bonds is 3. The van der Waals surface area contributed by atoms with Gasteiger partial charge >= 0.3 is 0 Å². The lowest BCUT2D eigenvalue weighted by atomic mass is 9.96. The highest BCUT2D eigenvalue weighted by atomic mass is 16.3. The molecule has 3 rings (SSSR count). The molecule has 2 nitrogen and oxygen atoms in total. The number of hydrogen-bond acceptors (Lipinski definition) is 2. The maximum Gasteiger partial charge on any atom is 0.197 e. The molecule has 0 saturated heterocycles. The fourth-order valence-electron chi connectivity index (χ4n) is 2.56. The van der Waals surface area contributed by atoms with Gasteiger partial charge in [0.2, 0.25) is 0 Å². The monoisotopic (exact) mass is 264 g/mol. The van der Waals surface area contributed by atoms with Crippen molar-refractivity contribution in [3.63, 3.8) is 0 Å². The zero-order chi connectivity index (χ0) is 14.1. The summed E-state index contributed by atoms with van der Waals surface area (Å²) >= 11 is 0. The summed E-state index contributed by atoms with van der Waals surface area (Å²) in [7, 11) is 0. The molecule has 100 valence electrons. The van der Waals surface area contributed by atoms with Crippen LogP contribution in [0.2, 0.25) is 0 Å². The van der Waals surface area contributed by atoms with Crippen molar-refractivity contribution in [1.82, 2.24) is 0 Å². The first-order valence-electron chi connectivity index (χ1n) is 6.83. The minimum atomic E-state index is 0.0462. The summed E-state index contributed by atoms with van der Waals surface area (Å²) in [5.74, 6) is 0.810. The first-order valence-corrected chi connectivity index (χ1v) is 6.83. The lowest BCUT2D eigenvalue weighted by molar-refractivity contribution is 0.103. The molecule has 1 aromatic heterocycles. The van der Waals surface area contributed by atoms with Crippen LogP contribution in [0.15, 0.2) is 52.9 Å². The van der Waals surface area contributed by atoms with Crippen molar-refractivity contribution in [2.24, 2.45) is 0 Å². The molecule has 1 heterocycles. The van der Waals surface area contributed by atoms with Crippen LogP contribution in [0, 0.1) is 6.92 Å². The summed E-state index contributed by atoms with van der Waals surface area (Å²) in [5, 5.41) is 0.901. The fraction of sp³-hybridized carbons (Fsp3) is 0.167. The van der Waals surface area contributed by atoms with Crippen LogP contribution < -0.4 is 0 Å². The predicted molar refractivity (Wildman–Crippen MR) is 80.2 cm³/mol. The summed E-state index contributed by atoms with van der Waals surface area (Å²) < 4.78 is 5.81. The van der Waals surface area contributed by atoms with Crippen molar-refractivity contribution in [3.8, 4) is 0 Å². The van der Waals surface area contributed by atoms with Crippen LogP contribution in [0.1, 0.15) is 34.2 Å². The summed E-state index contributed by atoms with van der Waals surface area (Å²) in [6.45, 7) is 3.97. The third-order valence-corrected chi connectivity index (χ3v) is 3.61. The molecule has 3 aromatic rings. The minimum absolute atomic E-state index is 0.0462. The van der Waals surface area contributed by atoms with Crippen molar-refractivity contribution >= 4 is 16.8 Å². The molecule has 0 unspecified atom stereocenters. The average molecular weight is 264 g/mol. The van der Waals surface area contributed by atoms with Gasteiger partial charge in [0.15, 0.2) is 5.78 Å². The summed E-state index contributed by atoms with van der Waals surface area (Å²) in [5.41, 5.74) is 3.22. The Kier molecular flexibility index (Phi) is 3.15. The van der Waals surface area contributed by atoms with Crippen molar-refractivity contribution < 1.29 is 9.21 Å². The molecule has 2 aromatic carbocycles. The first kappa shape index (κ1) is 12.7. The van der Waals surface area contributed by atoms with Crippen LogP contribution in [0.4, 0.5) is 0 Å². The maximum atomic E-state index is 12.9. The minimum Gasteiger partial charge on any atom is -0.460 e. The van der Waals surface area contributed by atoms with Crippen molar-refractivity contribution in [1.29, 1.82) is 0 Å². The molecule has 0 aliphatic rings. The van der Waals surface area contributed by atoms with Gasteiger partial charge in [0.05, 0.1) is 5.56 Å². The van der Waals surface area contributed by atoms with E-state index in [0.717, 1.165) is 27.9 Å². The van der Waals surface area contributed by atoms with Gasteiger partial charge in [-0.2, -0.15) is 0 Å². The molecule has 2 heteroatoms. The van der Waals surface area contributed by atoms with E-state index in [1.807, 2.05) is 62.4 Å². The second-order valence-electron chi connectivity index (χ2n) is 4.89. The van der Waals surface area contributed by atoms with Gasteiger partial charge in [-0.3, -0.25) is 4.79 Å². The van der Waals surface area contributed by atoms with Crippen LogP contribution in [0.25, 0.3) is 11.0 Å². The number of carbonyl (C=O) groups excluding carboxylic acids is 1. The van der Waals surface area contributed by atoms with Gasteiger partial charge in [-0.25, -0.2) is 0 Å². The number of para-hydroxylation sites is 1. The van der Waals surface area contributed by atoms with Crippen LogP contribution >= 0.6 is 0 Å². The van der Waals surface area contributed by atoms with E-state index in [-0.39, 0.29) is 5.78 Å². The van der Waals surface area contributed by atoms with E-state index >= 15 is 0 Å². The highest BCUT2D eigenvalue weighted by molar-refractivity contribution is 6.17. The fourth-order valence-corrected chi connectivity index (χ4v) is 2.56. The predicted octanol–water partition coefficient (Wildman–Crippen LogP) is 4.53. The molecule has 0 N–H and O–H groups in total. The van der Waals surface area contributed by atoms with E-state index in [1.165, 1.54) is 0 Å². The molecule has 20 heavy (non-hydrogen) atoms. The molecule has 0 aliphatic carbocycles. The molecular formula is C18H16O2. The highest BCUT2D eigenvalue weighted by Crippen LogP contribution is 2.29. The van der Waals surface area contributed by atoms with Crippen molar-refractivity contribution in [3.05, 3.63) is 71.0 Å². The molecule has 0 saturated carbocycles. The Labute approximate surface area is 118 Å². The summed E-state index contributed by atoms with van der Waals surface area (Å²) in [6.07, 6.45) is 0.710. The van der Waals surface area contributed by atoms with Crippen LogP contribution in [-0.4, -0.2) is 5.78 Å². The molecular weight excluding hydrogens is 248 g/mol. The zero-order valence-corrected chi connectivity index (χ0v) is 11.6. The quantitative estimate of drug-likeness (QED) is 0.650. The Morgan fingerprint density at radius 2 is 1.75 bits per heavy atom.